The molecule has 6 nitrogen and oxygen atoms in total. The number of morpholine rings is 1. The van der Waals surface area contributed by atoms with Gasteiger partial charge in [0, 0.05) is 51.0 Å². The van der Waals surface area contributed by atoms with E-state index >= 15 is 0 Å². The van der Waals surface area contributed by atoms with Crippen molar-refractivity contribution in [3.63, 3.8) is 0 Å². The number of hydrogen-bond donors (Lipinski definition) is 0. The lowest BCUT2D eigenvalue weighted by atomic mass is 9.84. The first-order chi connectivity index (χ1) is 17.3. The van der Waals surface area contributed by atoms with E-state index in [1.165, 1.54) is 63.5 Å². The molecule has 1 aliphatic carbocycles. The number of anilines is 1. The average Bonchev–Trinajstić information content (AvgIpc) is 3.18. The minimum atomic E-state index is -0.376. The van der Waals surface area contributed by atoms with E-state index in [2.05, 4.69) is 49.9 Å². The zero-order valence-corrected chi connectivity index (χ0v) is 24.2. The van der Waals surface area contributed by atoms with Crippen LogP contribution in [0.1, 0.15) is 70.6 Å². The van der Waals surface area contributed by atoms with Crippen molar-refractivity contribution in [3.8, 4) is 0 Å². The van der Waals surface area contributed by atoms with Crippen molar-refractivity contribution in [2.75, 3.05) is 64.1 Å². The summed E-state index contributed by atoms with van der Waals surface area (Å²) >= 11 is 0. The van der Waals surface area contributed by atoms with Crippen molar-refractivity contribution in [2.24, 2.45) is 0 Å². The topological polar surface area (TPSA) is 39.3 Å². The van der Waals surface area contributed by atoms with E-state index in [0.717, 1.165) is 72.0 Å². The smallest absolute Gasteiger partial charge is 0.250 e. The van der Waals surface area contributed by atoms with Crippen LogP contribution in [0.15, 0.2) is 30.3 Å². The summed E-state index contributed by atoms with van der Waals surface area (Å²) in [5, 5.41) is 0. The minimum Gasteiger partial charge on any atom is -0.379 e. The number of carbonyl (C=O) groups is 1. The number of para-hydroxylation sites is 1. The molecule has 4 aliphatic rings. The normalized spacial score (nSPS) is 24.5. The highest BCUT2D eigenvalue weighted by Gasteiger charge is 2.53. The molecule has 3 heterocycles. The van der Waals surface area contributed by atoms with Crippen LogP contribution >= 0.6 is 24.8 Å². The van der Waals surface area contributed by atoms with Crippen LogP contribution in [0.2, 0.25) is 0 Å². The van der Waals surface area contributed by atoms with Crippen LogP contribution in [0.5, 0.6) is 0 Å². The summed E-state index contributed by atoms with van der Waals surface area (Å²) in [6, 6.07) is 11.4. The number of piperidine rings is 1. The molecule has 1 amide bonds. The highest BCUT2D eigenvalue weighted by Crippen LogP contribution is 2.40. The zero-order chi connectivity index (χ0) is 23.9. The number of rotatable bonds is 5. The van der Waals surface area contributed by atoms with Gasteiger partial charge in [-0.1, -0.05) is 63.1 Å². The zero-order valence-electron chi connectivity index (χ0n) is 22.5. The van der Waals surface area contributed by atoms with Crippen molar-refractivity contribution in [1.82, 2.24) is 14.7 Å². The third kappa shape index (κ3) is 7.33. The molecule has 3 saturated heterocycles. The highest BCUT2D eigenvalue weighted by molar-refractivity contribution is 5.93. The number of amides is 1. The van der Waals surface area contributed by atoms with Crippen molar-refractivity contribution < 1.29 is 9.53 Å². The second-order valence-electron chi connectivity index (χ2n) is 11.2. The van der Waals surface area contributed by atoms with Gasteiger partial charge in [0.25, 0.3) is 0 Å². The van der Waals surface area contributed by atoms with Crippen LogP contribution in [0, 0.1) is 0 Å². The fourth-order valence-corrected chi connectivity index (χ4v) is 6.87. The number of carbonyl (C=O) groups excluding carboxylic acids is 1. The summed E-state index contributed by atoms with van der Waals surface area (Å²) < 4.78 is 5.51. The quantitative estimate of drug-likeness (QED) is 0.500. The van der Waals surface area contributed by atoms with Gasteiger partial charge in [0.05, 0.1) is 19.9 Å². The molecule has 0 radical (unpaired) electrons. The van der Waals surface area contributed by atoms with Gasteiger partial charge < -0.3 is 19.4 Å². The van der Waals surface area contributed by atoms with Crippen molar-refractivity contribution >= 4 is 36.4 Å². The average molecular weight is 556 g/mol. The molecule has 1 spiro atoms. The predicted octanol–water partition coefficient (Wildman–Crippen LogP) is 5.20. The van der Waals surface area contributed by atoms with E-state index in [9.17, 15) is 4.79 Å². The summed E-state index contributed by atoms with van der Waals surface area (Å²) in [4.78, 5) is 23.8. The first kappa shape index (κ1) is 30.5. The van der Waals surface area contributed by atoms with Gasteiger partial charge in [0.15, 0.2) is 0 Å². The molecule has 0 aromatic heterocycles. The Bertz CT molecular complexity index is 790. The third-order valence-corrected chi connectivity index (χ3v) is 9.09. The molecule has 1 aromatic carbocycles. The van der Waals surface area contributed by atoms with Gasteiger partial charge >= 0.3 is 0 Å². The highest BCUT2D eigenvalue weighted by atomic mass is 35.5. The van der Waals surface area contributed by atoms with Crippen molar-refractivity contribution in [3.05, 3.63) is 30.3 Å². The predicted molar refractivity (Wildman–Crippen MR) is 156 cm³/mol. The van der Waals surface area contributed by atoms with Gasteiger partial charge in [-0.15, -0.1) is 24.8 Å². The Kier molecular flexibility index (Phi) is 12.3. The Labute approximate surface area is 236 Å². The number of ether oxygens (including phenoxy) is 1. The summed E-state index contributed by atoms with van der Waals surface area (Å²) in [6.45, 7) is 8.16. The lowest BCUT2D eigenvalue weighted by molar-refractivity contribution is -0.134. The van der Waals surface area contributed by atoms with Gasteiger partial charge in [-0.3, -0.25) is 9.69 Å². The largest absolute Gasteiger partial charge is 0.379 e. The molecule has 4 fully saturated rings. The molecule has 1 aromatic rings. The lowest BCUT2D eigenvalue weighted by Crippen LogP contribution is -2.58. The Balaban J connectivity index is 0.00000190. The van der Waals surface area contributed by atoms with Crippen LogP contribution in [0.25, 0.3) is 0 Å². The molecule has 8 heteroatoms. The fraction of sp³-hybridized carbons (Fsp3) is 0.759. The van der Waals surface area contributed by atoms with Gasteiger partial charge in [0.2, 0.25) is 5.91 Å². The molecular formula is C29H48Cl2N4O2. The van der Waals surface area contributed by atoms with Gasteiger partial charge in [-0.05, 0) is 37.8 Å². The summed E-state index contributed by atoms with van der Waals surface area (Å²) in [6.07, 6.45) is 14.4. The summed E-state index contributed by atoms with van der Waals surface area (Å²) in [5.74, 6) is 0.361. The number of likely N-dealkylation sites (tertiary alicyclic amines) is 1. The molecule has 37 heavy (non-hydrogen) atoms. The molecule has 5 rings (SSSR count). The first-order valence-corrected chi connectivity index (χ1v) is 14.4. The van der Waals surface area contributed by atoms with Crippen LogP contribution in [0.4, 0.5) is 5.69 Å². The SMILES string of the molecule is Cl.Cl.O=C1N(CCN2CCOCC2)CN(c2ccccc2)C12CCN(C1CCCCCCCCC1)CC2. The number of hydrogen-bond acceptors (Lipinski definition) is 5. The van der Waals surface area contributed by atoms with E-state index in [1.54, 1.807) is 0 Å². The lowest BCUT2D eigenvalue weighted by Gasteiger charge is -2.45. The standard InChI is InChI=1S/C29H46N4O2.2ClH/c34-28-29(15-17-31(18-16-29)26-11-7-4-2-1-3-5-8-12-26)33(27-13-9-6-10-14-27)25-32(28)20-19-30-21-23-35-24-22-30;;/h6,9-10,13-14,26H,1-5,7-8,11-12,15-25H2;2*1H. The monoisotopic (exact) mass is 554 g/mol. The maximum atomic E-state index is 14.0. The number of nitrogens with zero attached hydrogens (tertiary/aromatic N) is 4. The molecule has 0 unspecified atom stereocenters. The van der Waals surface area contributed by atoms with Crippen LogP contribution in [-0.2, 0) is 9.53 Å². The van der Waals surface area contributed by atoms with E-state index < -0.39 is 0 Å². The molecule has 0 bridgehead atoms. The molecule has 3 aliphatic heterocycles. The maximum Gasteiger partial charge on any atom is 0.250 e. The summed E-state index contributed by atoms with van der Waals surface area (Å²) in [5.41, 5.74) is 0.820. The Morgan fingerprint density at radius 3 is 2.00 bits per heavy atom. The second kappa shape index (κ2) is 14.9. The Morgan fingerprint density at radius 1 is 0.784 bits per heavy atom. The van der Waals surface area contributed by atoms with Gasteiger partial charge in [0.1, 0.15) is 5.54 Å². The first-order valence-electron chi connectivity index (χ1n) is 14.4. The molecular weight excluding hydrogens is 507 g/mol. The van der Waals surface area contributed by atoms with E-state index in [1.807, 2.05) is 0 Å². The fourth-order valence-electron chi connectivity index (χ4n) is 6.87. The molecule has 0 N–H and O–H groups in total. The third-order valence-electron chi connectivity index (χ3n) is 9.09. The van der Waals surface area contributed by atoms with Crippen LogP contribution in [0.3, 0.4) is 0 Å². The van der Waals surface area contributed by atoms with Crippen molar-refractivity contribution in [2.45, 2.75) is 82.2 Å². The van der Waals surface area contributed by atoms with Crippen molar-refractivity contribution in [1.29, 1.82) is 0 Å². The number of benzene rings is 1. The van der Waals surface area contributed by atoms with Crippen LogP contribution in [-0.4, -0.2) is 91.3 Å². The molecule has 210 valence electrons. The number of halogens is 2. The Morgan fingerprint density at radius 2 is 1.38 bits per heavy atom. The summed E-state index contributed by atoms with van der Waals surface area (Å²) in [7, 11) is 0. The van der Waals surface area contributed by atoms with Crippen LogP contribution < -0.4 is 4.90 Å². The van der Waals surface area contributed by atoms with E-state index in [0.29, 0.717) is 11.9 Å². The second-order valence-corrected chi connectivity index (χ2v) is 11.2. The van der Waals surface area contributed by atoms with E-state index in [-0.39, 0.29) is 30.4 Å². The minimum absolute atomic E-state index is 0. The van der Waals surface area contributed by atoms with E-state index in [4.69, 9.17) is 4.74 Å². The molecule has 0 atom stereocenters. The molecule has 1 saturated carbocycles. The Hall–Kier alpha value is -1.05. The maximum absolute atomic E-state index is 14.0. The van der Waals surface area contributed by atoms with Gasteiger partial charge in [-0.25, -0.2) is 0 Å². The van der Waals surface area contributed by atoms with Gasteiger partial charge in [-0.2, -0.15) is 0 Å².